The van der Waals surface area contributed by atoms with Crippen LogP contribution in [0.4, 0.5) is 10.2 Å². The molecule has 1 N–H and O–H groups in total. The number of nitrogens with one attached hydrogen (secondary N) is 1. The summed E-state index contributed by atoms with van der Waals surface area (Å²) in [5.74, 6) is 2.47. The molecule has 0 aliphatic carbocycles. The minimum absolute atomic E-state index is 0.278. The van der Waals surface area contributed by atoms with Crippen molar-refractivity contribution in [1.29, 1.82) is 0 Å². The first-order chi connectivity index (χ1) is 14.2. The van der Waals surface area contributed by atoms with Crippen molar-refractivity contribution in [2.24, 2.45) is 5.41 Å². The van der Waals surface area contributed by atoms with Gasteiger partial charge in [0.25, 0.3) is 0 Å². The van der Waals surface area contributed by atoms with Crippen molar-refractivity contribution in [2.45, 2.75) is 10.6 Å². The van der Waals surface area contributed by atoms with Gasteiger partial charge in [-0.05, 0) is 23.8 Å². The third-order valence-electron chi connectivity index (χ3n) is 5.37. The molecule has 0 atom stereocenters. The topological polar surface area (TPSA) is 50.3 Å². The Kier molecular flexibility index (Phi) is 4.85. The highest BCUT2D eigenvalue weighted by molar-refractivity contribution is 7.98. The van der Waals surface area contributed by atoms with Crippen LogP contribution in [-0.2, 0) is 5.75 Å². The molecule has 3 heterocycles. The summed E-state index contributed by atoms with van der Waals surface area (Å²) in [5.41, 5.74) is 1.56. The Hall–Kier alpha value is -2.64. The Bertz CT molecular complexity index is 1000. The number of rotatable bonds is 6. The van der Waals surface area contributed by atoms with Crippen molar-refractivity contribution in [3.05, 3.63) is 72.4 Å². The number of thioether (sulfide) groups is 1. The highest BCUT2D eigenvalue weighted by atomic mass is 32.2. The first-order valence-corrected chi connectivity index (χ1v) is 10.6. The Labute approximate surface area is 173 Å². The van der Waals surface area contributed by atoms with Crippen LogP contribution < -0.4 is 15.0 Å². The van der Waals surface area contributed by atoms with Gasteiger partial charge in [0.05, 0.1) is 11.1 Å². The number of aromatic nitrogens is 2. The van der Waals surface area contributed by atoms with Gasteiger partial charge in [0, 0.05) is 37.3 Å². The first-order valence-electron chi connectivity index (χ1n) is 9.61. The summed E-state index contributed by atoms with van der Waals surface area (Å²) in [6, 6.07) is 14.7. The first kappa shape index (κ1) is 18.4. The SMILES string of the molecule is Fc1ccc(Oc2cncnc2N2CC3(CNC3)C2)c(SCc2ccccc2)c1. The van der Waals surface area contributed by atoms with Gasteiger partial charge >= 0.3 is 0 Å². The number of benzene rings is 2. The number of hydrogen-bond donors (Lipinski definition) is 1. The molecule has 1 aromatic heterocycles. The van der Waals surface area contributed by atoms with E-state index in [0.717, 1.165) is 42.6 Å². The maximum atomic E-state index is 13.9. The lowest BCUT2D eigenvalue weighted by Gasteiger charge is -2.56. The van der Waals surface area contributed by atoms with Crippen LogP contribution in [-0.4, -0.2) is 36.1 Å². The summed E-state index contributed by atoms with van der Waals surface area (Å²) in [7, 11) is 0. The highest BCUT2D eigenvalue weighted by Crippen LogP contribution is 2.42. The summed E-state index contributed by atoms with van der Waals surface area (Å²) in [6.45, 7) is 4.05. The van der Waals surface area contributed by atoms with Crippen molar-refractivity contribution >= 4 is 17.6 Å². The minimum atomic E-state index is -0.278. The molecule has 2 aromatic carbocycles. The smallest absolute Gasteiger partial charge is 0.188 e. The van der Waals surface area contributed by atoms with Crippen molar-refractivity contribution in [2.75, 3.05) is 31.1 Å². The monoisotopic (exact) mass is 408 g/mol. The average Bonchev–Trinajstić information content (AvgIpc) is 2.68. The maximum absolute atomic E-state index is 13.9. The summed E-state index contributed by atoms with van der Waals surface area (Å²) in [5, 5.41) is 3.34. The molecular weight excluding hydrogens is 387 g/mol. The summed E-state index contributed by atoms with van der Waals surface area (Å²) >= 11 is 1.55. The van der Waals surface area contributed by atoms with Gasteiger partial charge in [0.15, 0.2) is 11.6 Å². The molecular formula is C22H21FN4OS. The molecule has 1 spiro atoms. The predicted molar refractivity (Wildman–Crippen MR) is 112 cm³/mol. The molecule has 7 heteroatoms. The number of nitrogens with zero attached hydrogens (tertiary/aromatic N) is 3. The normalized spacial score (nSPS) is 16.9. The fraction of sp³-hybridized carbons (Fsp3) is 0.273. The molecule has 0 amide bonds. The van der Waals surface area contributed by atoms with E-state index in [1.807, 2.05) is 18.2 Å². The standard InChI is InChI=1S/C22H21FN4OS/c23-17-6-7-18(20(8-17)29-10-16-4-2-1-3-5-16)28-19-9-24-15-26-21(19)27-13-22(14-27)11-25-12-22/h1-9,15,25H,10-14H2. The lowest BCUT2D eigenvalue weighted by molar-refractivity contribution is 0.120. The quantitative estimate of drug-likeness (QED) is 0.620. The lowest BCUT2D eigenvalue weighted by atomic mass is 9.74. The molecule has 2 aliphatic rings. The summed E-state index contributed by atoms with van der Waals surface area (Å²) in [6.07, 6.45) is 3.23. The van der Waals surface area contributed by atoms with Gasteiger partial charge in [-0.3, -0.25) is 0 Å². The van der Waals surface area contributed by atoms with Crippen LogP contribution in [0.25, 0.3) is 0 Å². The van der Waals surface area contributed by atoms with Gasteiger partial charge in [0.1, 0.15) is 17.9 Å². The predicted octanol–water partition coefficient (Wildman–Crippen LogP) is 4.11. The Balaban J connectivity index is 1.35. The largest absolute Gasteiger partial charge is 0.451 e. The van der Waals surface area contributed by atoms with E-state index in [2.05, 4.69) is 32.3 Å². The average molecular weight is 409 g/mol. The van der Waals surface area contributed by atoms with Crippen LogP contribution in [0.5, 0.6) is 11.5 Å². The van der Waals surface area contributed by atoms with Crippen LogP contribution in [0.2, 0.25) is 0 Å². The number of hydrogen-bond acceptors (Lipinski definition) is 6. The van der Waals surface area contributed by atoms with Gasteiger partial charge < -0.3 is 15.0 Å². The molecule has 29 heavy (non-hydrogen) atoms. The van der Waals surface area contributed by atoms with E-state index in [1.54, 1.807) is 30.4 Å². The lowest BCUT2D eigenvalue weighted by Crippen LogP contribution is -2.71. The van der Waals surface area contributed by atoms with Crippen molar-refractivity contribution < 1.29 is 9.13 Å². The van der Waals surface area contributed by atoms with Crippen molar-refractivity contribution in [3.8, 4) is 11.5 Å². The maximum Gasteiger partial charge on any atom is 0.188 e. The third kappa shape index (κ3) is 3.80. The zero-order valence-corrected chi connectivity index (χ0v) is 16.7. The molecule has 5 rings (SSSR count). The number of anilines is 1. The van der Waals surface area contributed by atoms with Crippen LogP contribution in [0, 0.1) is 11.2 Å². The van der Waals surface area contributed by atoms with E-state index in [0.29, 0.717) is 16.9 Å². The van der Waals surface area contributed by atoms with E-state index < -0.39 is 0 Å². The van der Waals surface area contributed by atoms with Gasteiger partial charge in [-0.25, -0.2) is 14.4 Å². The molecule has 3 aromatic rings. The van der Waals surface area contributed by atoms with Gasteiger partial charge in [0.2, 0.25) is 0 Å². The molecule has 5 nitrogen and oxygen atoms in total. The Morgan fingerprint density at radius 2 is 1.93 bits per heavy atom. The van der Waals surface area contributed by atoms with Crippen LogP contribution in [0.1, 0.15) is 5.56 Å². The van der Waals surface area contributed by atoms with E-state index >= 15 is 0 Å². The summed E-state index contributed by atoms with van der Waals surface area (Å²) in [4.78, 5) is 11.6. The Morgan fingerprint density at radius 1 is 1.10 bits per heavy atom. The van der Waals surface area contributed by atoms with Crippen molar-refractivity contribution in [3.63, 3.8) is 0 Å². The zero-order chi connectivity index (χ0) is 19.7. The van der Waals surface area contributed by atoms with Crippen molar-refractivity contribution in [1.82, 2.24) is 15.3 Å². The molecule has 0 bridgehead atoms. The van der Waals surface area contributed by atoms with E-state index in [1.165, 1.54) is 17.7 Å². The molecule has 0 saturated carbocycles. The zero-order valence-electron chi connectivity index (χ0n) is 15.8. The molecule has 2 saturated heterocycles. The van der Waals surface area contributed by atoms with Gasteiger partial charge in [-0.1, -0.05) is 30.3 Å². The van der Waals surface area contributed by atoms with E-state index in [9.17, 15) is 4.39 Å². The fourth-order valence-corrected chi connectivity index (χ4v) is 4.73. The number of halogens is 1. The van der Waals surface area contributed by atoms with Crippen LogP contribution >= 0.6 is 11.8 Å². The Morgan fingerprint density at radius 3 is 2.69 bits per heavy atom. The third-order valence-corrected chi connectivity index (χ3v) is 6.48. The van der Waals surface area contributed by atoms with Gasteiger partial charge in [-0.15, -0.1) is 11.8 Å². The summed E-state index contributed by atoms with van der Waals surface area (Å²) < 4.78 is 20.1. The van der Waals surface area contributed by atoms with Crippen LogP contribution in [0.3, 0.4) is 0 Å². The van der Waals surface area contributed by atoms with Crippen LogP contribution in [0.15, 0.2) is 66.0 Å². The van der Waals surface area contributed by atoms with E-state index in [-0.39, 0.29) is 5.82 Å². The molecule has 148 valence electrons. The fourth-order valence-electron chi connectivity index (χ4n) is 3.77. The van der Waals surface area contributed by atoms with E-state index in [4.69, 9.17) is 4.74 Å². The second-order valence-corrected chi connectivity index (χ2v) is 8.65. The molecule has 2 fully saturated rings. The number of ether oxygens (including phenoxy) is 1. The minimum Gasteiger partial charge on any atom is -0.451 e. The second-order valence-electron chi connectivity index (χ2n) is 7.64. The molecule has 0 radical (unpaired) electrons. The molecule has 0 unspecified atom stereocenters. The highest BCUT2D eigenvalue weighted by Gasteiger charge is 2.48. The molecule has 2 aliphatic heterocycles. The van der Waals surface area contributed by atoms with Gasteiger partial charge in [-0.2, -0.15) is 0 Å². The second kappa shape index (κ2) is 7.65.